The summed E-state index contributed by atoms with van der Waals surface area (Å²) in [6, 6.07) is 3.83. The predicted octanol–water partition coefficient (Wildman–Crippen LogP) is 1.46. The Morgan fingerprint density at radius 1 is 1.20 bits per heavy atom. The van der Waals surface area contributed by atoms with Gasteiger partial charge in [-0.3, -0.25) is 9.59 Å². The summed E-state index contributed by atoms with van der Waals surface area (Å²) in [7, 11) is 1.68. The fourth-order valence-electron chi connectivity index (χ4n) is 2.12. The van der Waals surface area contributed by atoms with Gasteiger partial charge in [0.1, 0.15) is 0 Å². The van der Waals surface area contributed by atoms with Gasteiger partial charge in [-0.1, -0.05) is 6.07 Å². The first-order valence-corrected chi connectivity index (χ1v) is 7.91. The Morgan fingerprint density at radius 2 is 1.80 bits per heavy atom. The van der Waals surface area contributed by atoms with Crippen molar-refractivity contribution in [3.63, 3.8) is 0 Å². The van der Waals surface area contributed by atoms with Gasteiger partial charge in [0, 0.05) is 11.2 Å². The summed E-state index contributed by atoms with van der Waals surface area (Å²) in [6.07, 6.45) is -4.47. The second kappa shape index (κ2) is 7.86. The van der Waals surface area contributed by atoms with Gasteiger partial charge in [0.15, 0.2) is 12.6 Å². The van der Waals surface area contributed by atoms with Crippen molar-refractivity contribution in [2.75, 3.05) is 18.9 Å². The number of quaternary nitrogens is 1. The number of benzene rings is 1. The first kappa shape index (κ1) is 21.0. The van der Waals surface area contributed by atoms with E-state index in [0.29, 0.717) is 4.90 Å². The van der Waals surface area contributed by atoms with E-state index < -0.39 is 23.7 Å². The summed E-state index contributed by atoms with van der Waals surface area (Å²) in [5.41, 5.74) is -1.14. The van der Waals surface area contributed by atoms with Crippen LogP contribution in [0.2, 0.25) is 0 Å². The third-order valence-electron chi connectivity index (χ3n) is 3.54. The third kappa shape index (κ3) is 7.13. The lowest BCUT2D eigenvalue weighted by atomic mass is 10.1. The quantitative estimate of drug-likeness (QED) is 0.745. The highest BCUT2D eigenvalue weighted by molar-refractivity contribution is 5.93. The van der Waals surface area contributed by atoms with Crippen molar-refractivity contribution in [1.29, 1.82) is 0 Å². The van der Waals surface area contributed by atoms with Crippen LogP contribution in [-0.4, -0.2) is 37.0 Å². The number of carbonyl (C=O) groups excluding carboxylic acids is 2. The molecule has 1 aromatic carbocycles. The lowest BCUT2D eigenvalue weighted by molar-refractivity contribution is -0.885. The lowest BCUT2D eigenvalue weighted by Gasteiger charge is -2.24. The molecule has 25 heavy (non-hydrogen) atoms. The molecule has 0 aromatic heterocycles. The normalized spacial score (nSPS) is 14.6. The Morgan fingerprint density at radius 3 is 2.32 bits per heavy atom. The zero-order valence-corrected chi connectivity index (χ0v) is 15.0. The molecule has 0 aliphatic carbocycles. The highest BCUT2D eigenvalue weighted by Crippen LogP contribution is 2.30. The summed E-state index contributed by atoms with van der Waals surface area (Å²) in [4.78, 5) is 24.8. The van der Waals surface area contributed by atoms with Crippen LogP contribution in [-0.2, 0) is 15.8 Å². The first-order chi connectivity index (χ1) is 11.3. The molecule has 0 radical (unpaired) electrons. The van der Waals surface area contributed by atoms with Crippen molar-refractivity contribution in [3.05, 3.63) is 29.8 Å². The zero-order valence-electron chi connectivity index (χ0n) is 15.0. The van der Waals surface area contributed by atoms with Crippen LogP contribution in [0.3, 0.4) is 0 Å². The van der Waals surface area contributed by atoms with Gasteiger partial charge in [-0.15, -0.1) is 0 Å². The minimum absolute atomic E-state index is 0.0682. The van der Waals surface area contributed by atoms with E-state index in [0.717, 1.165) is 12.1 Å². The summed E-state index contributed by atoms with van der Waals surface area (Å²) < 4.78 is 38.1. The molecule has 0 heterocycles. The van der Waals surface area contributed by atoms with Crippen LogP contribution in [0.15, 0.2) is 24.3 Å². The Bertz CT molecular complexity index is 624. The van der Waals surface area contributed by atoms with Gasteiger partial charge >= 0.3 is 6.18 Å². The standard InChI is InChI=1S/C17H24F3N3O2/c1-11(23(5)10-14(24)22-16(2,3)4)15(25)21-13-8-6-7-12(9-13)17(18,19)20/h6-9,11H,10H2,1-5H3,(H,21,25)(H,22,24)/p+1/t11-/m0/s1. The van der Waals surface area contributed by atoms with Crippen molar-refractivity contribution < 1.29 is 27.7 Å². The highest BCUT2D eigenvalue weighted by atomic mass is 19.4. The van der Waals surface area contributed by atoms with E-state index in [1.807, 2.05) is 20.8 Å². The van der Waals surface area contributed by atoms with Crippen molar-refractivity contribution >= 4 is 17.5 Å². The van der Waals surface area contributed by atoms with Gasteiger partial charge in [0.05, 0.1) is 12.6 Å². The largest absolute Gasteiger partial charge is 0.416 e. The number of hydrogen-bond donors (Lipinski definition) is 3. The van der Waals surface area contributed by atoms with E-state index in [1.54, 1.807) is 14.0 Å². The molecule has 0 saturated heterocycles. The monoisotopic (exact) mass is 360 g/mol. The third-order valence-corrected chi connectivity index (χ3v) is 3.54. The smallest absolute Gasteiger partial charge is 0.347 e. The van der Waals surface area contributed by atoms with Gasteiger partial charge < -0.3 is 15.5 Å². The minimum atomic E-state index is -4.47. The Labute approximate surface area is 145 Å². The summed E-state index contributed by atoms with van der Waals surface area (Å²) in [5.74, 6) is -0.663. The molecule has 1 rings (SSSR count). The average molecular weight is 360 g/mol. The van der Waals surface area contributed by atoms with Crippen molar-refractivity contribution in [2.45, 2.75) is 45.5 Å². The van der Waals surface area contributed by atoms with Gasteiger partial charge in [-0.05, 0) is 45.9 Å². The van der Waals surface area contributed by atoms with E-state index in [4.69, 9.17) is 0 Å². The molecule has 0 fully saturated rings. The maximum Gasteiger partial charge on any atom is 0.416 e. The van der Waals surface area contributed by atoms with Crippen LogP contribution in [0.4, 0.5) is 18.9 Å². The average Bonchev–Trinajstić information content (AvgIpc) is 2.43. The van der Waals surface area contributed by atoms with E-state index in [9.17, 15) is 22.8 Å². The van der Waals surface area contributed by atoms with Crippen LogP contribution in [0.25, 0.3) is 0 Å². The Balaban J connectivity index is 2.69. The highest BCUT2D eigenvalue weighted by Gasteiger charge is 2.31. The summed E-state index contributed by atoms with van der Waals surface area (Å²) in [5, 5.41) is 5.27. The van der Waals surface area contributed by atoms with E-state index in [2.05, 4.69) is 10.6 Å². The van der Waals surface area contributed by atoms with Gasteiger partial charge in [0.25, 0.3) is 11.8 Å². The van der Waals surface area contributed by atoms with Crippen LogP contribution in [0.5, 0.6) is 0 Å². The number of hydrogen-bond acceptors (Lipinski definition) is 2. The molecule has 5 nitrogen and oxygen atoms in total. The second-order valence-corrected chi connectivity index (χ2v) is 7.11. The van der Waals surface area contributed by atoms with E-state index in [-0.39, 0.29) is 23.7 Å². The topological polar surface area (TPSA) is 62.6 Å². The molecule has 0 bridgehead atoms. The van der Waals surface area contributed by atoms with Crippen LogP contribution in [0, 0.1) is 0 Å². The molecular weight excluding hydrogens is 335 g/mol. The Hall–Kier alpha value is -2.09. The molecule has 2 atom stereocenters. The number of halogens is 3. The first-order valence-electron chi connectivity index (χ1n) is 7.91. The van der Waals surface area contributed by atoms with Gasteiger partial charge in [0.2, 0.25) is 0 Å². The molecule has 1 aromatic rings. The fourth-order valence-corrected chi connectivity index (χ4v) is 2.12. The number of amides is 2. The van der Waals surface area contributed by atoms with Crippen molar-refractivity contribution in [1.82, 2.24) is 5.32 Å². The fraction of sp³-hybridized carbons (Fsp3) is 0.529. The molecule has 0 saturated carbocycles. The van der Waals surface area contributed by atoms with Gasteiger partial charge in [-0.25, -0.2) is 0 Å². The molecule has 140 valence electrons. The molecule has 1 unspecified atom stereocenters. The van der Waals surface area contributed by atoms with Crippen LogP contribution >= 0.6 is 0 Å². The molecule has 0 aliphatic heterocycles. The number of anilines is 1. The minimum Gasteiger partial charge on any atom is -0.347 e. The predicted molar refractivity (Wildman–Crippen MR) is 89.2 cm³/mol. The SMILES string of the molecule is C[C@@H](C(=O)Nc1cccc(C(F)(F)F)c1)[NH+](C)CC(=O)NC(C)(C)C. The Kier molecular flexibility index (Phi) is 6.59. The lowest BCUT2D eigenvalue weighted by Crippen LogP contribution is -3.15. The molecule has 0 aliphatic rings. The van der Waals surface area contributed by atoms with Crippen molar-refractivity contribution in [2.24, 2.45) is 0 Å². The van der Waals surface area contributed by atoms with Crippen molar-refractivity contribution in [3.8, 4) is 0 Å². The summed E-state index contributed by atoms with van der Waals surface area (Å²) in [6.45, 7) is 7.25. The molecule has 3 N–H and O–H groups in total. The molecular formula is C17H25F3N3O2+. The molecule has 0 spiro atoms. The van der Waals surface area contributed by atoms with Gasteiger partial charge in [-0.2, -0.15) is 13.2 Å². The maximum absolute atomic E-state index is 12.7. The summed E-state index contributed by atoms with van der Waals surface area (Å²) >= 11 is 0. The molecule has 8 heteroatoms. The zero-order chi connectivity index (χ0) is 19.4. The number of alkyl halides is 3. The number of carbonyl (C=O) groups is 2. The number of nitrogens with one attached hydrogen (secondary N) is 3. The number of likely N-dealkylation sites (N-methyl/N-ethyl adjacent to an activating group) is 1. The number of rotatable bonds is 5. The maximum atomic E-state index is 12.7. The van der Waals surface area contributed by atoms with E-state index >= 15 is 0 Å². The molecule has 2 amide bonds. The van der Waals surface area contributed by atoms with E-state index in [1.165, 1.54) is 12.1 Å². The van der Waals surface area contributed by atoms with Crippen LogP contribution in [0.1, 0.15) is 33.3 Å². The van der Waals surface area contributed by atoms with Crippen LogP contribution < -0.4 is 15.5 Å². The second-order valence-electron chi connectivity index (χ2n) is 7.11.